The van der Waals surface area contributed by atoms with Crippen molar-refractivity contribution in [1.82, 2.24) is 10.5 Å². The monoisotopic (exact) mass is 388 g/mol. The molecule has 0 aliphatic heterocycles. The van der Waals surface area contributed by atoms with Crippen LogP contribution in [0, 0.1) is 6.92 Å². The number of nitrogens with one attached hydrogen (secondary N) is 1. The van der Waals surface area contributed by atoms with Crippen molar-refractivity contribution in [1.29, 1.82) is 0 Å². The first-order valence-corrected chi connectivity index (χ1v) is 7.33. The number of hydrogen-bond acceptors (Lipinski definition) is 4. The maximum Gasteiger partial charge on any atom is 0.137 e. The third-order valence-corrected chi connectivity index (χ3v) is 3.63. The molecule has 0 atom stereocenters. The molecule has 0 bridgehead atoms. The lowest BCUT2D eigenvalue weighted by atomic mass is 10.2. The number of benzene rings is 1. The van der Waals surface area contributed by atoms with Crippen molar-refractivity contribution in [3.05, 3.63) is 44.2 Å². The molecule has 1 heterocycles. The summed E-state index contributed by atoms with van der Waals surface area (Å²) in [5.41, 5.74) is 1.97. The number of nitrogens with zero attached hydrogens (tertiary/aromatic N) is 1. The first-order chi connectivity index (χ1) is 9.10. The molecule has 6 heteroatoms. The lowest BCUT2D eigenvalue weighted by molar-refractivity contribution is 0.387. The Morgan fingerprint density at radius 3 is 2.68 bits per heavy atom. The maximum absolute atomic E-state index is 5.40. The fraction of sp³-hybridized carbons (Fsp3) is 0.308. The van der Waals surface area contributed by atoms with Crippen LogP contribution in [0.3, 0.4) is 0 Å². The van der Waals surface area contributed by atoms with Gasteiger partial charge in [0.05, 0.1) is 17.3 Å². The zero-order valence-corrected chi connectivity index (χ0v) is 13.8. The number of aromatic nitrogens is 1. The summed E-state index contributed by atoms with van der Waals surface area (Å²) in [6, 6.07) is 5.91. The first-order valence-electron chi connectivity index (χ1n) is 5.75. The Morgan fingerprint density at radius 1 is 1.26 bits per heavy atom. The van der Waals surface area contributed by atoms with Crippen molar-refractivity contribution in [2.45, 2.75) is 20.0 Å². The van der Waals surface area contributed by atoms with Gasteiger partial charge in [0.2, 0.25) is 0 Å². The Balaban J connectivity index is 2.02. The zero-order valence-electron chi connectivity index (χ0n) is 10.7. The summed E-state index contributed by atoms with van der Waals surface area (Å²) in [4.78, 5) is 0. The molecule has 0 spiro atoms. The lowest BCUT2D eigenvalue weighted by Crippen LogP contribution is -2.13. The van der Waals surface area contributed by atoms with E-state index in [2.05, 4.69) is 42.3 Å². The molecular formula is C13H14Br2N2O2. The second kappa shape index (κ2) is 6.54. The van der Waals surface area contributed by atoms with Gasteiger partial charge in [-0.05, 0) is 35.0 Å². The van der Waals surface area contributed by atoms with E-state index in [9.17, 15) is 0 Å². The van der Waals surface area contributed by atoms with Gasteiger partial charge in [-0.15, -0.1) is 0 Å². The van der Waals surface area contributed by atoms with E-state index in [1.165, 1.54) is 0 Å². The Labute approximate surface area is 128 Å². The topological polar surface area (TPSA) is 47.3 Å². The molecule has 4 nitrogen and oxygen atoms in total. The molecule has 0 amide bonds. The lowest BCUT2D eigenvalue weighted by Gasteiger charge is -2.11. The molecule has 2 rings (SSSR count). The van der Waals surface area contributed by atoms with Crippen LogP contribution in [0.4, 0.5) is 0 Å². The second-order valence-electron chi connectivity index (χ2n) is 4.11. The summed E-state index contributed by atoms with van der Waals surface area (Å²) in [5, 5.41) is 7.25. The van der Waals surface area contributed by atoms with Crippen molar-refractivity contribution < 1.29 is 9.26 Å². The minimum absolute atomic E-state index is 0.657. The highest BCUT2D eigenvalue weighted by Gasteiger charge is 2.09. The molecule has 0 radical (unpaired) electrons. The number of methoxy groups -OCH3 is 1. The number of ether oxygens (including phenoxy) is 1. The average molecular weight is 390 g/mol. The van der Waals surface area contributed by atoms with Gasteiger partial charge in [-0.25, -0.2) is 0 Å². The molecule has 0 saturated carbocycles. The van der Waals surface area contributed by atoms with Gasteiger partial charge < -0.3 is 14.6 Å². The van der Waals surface area contributed by atoms with E-state index in [1.807, 2.05) is 25.1 Å². The molecule has 1 aromatic carbocycles. The molecule has 0 saturated heterocycles. The highest BCUT2D eigenvalue weighted by Crippen LogP contribution is 2.32. The molecule has 2 aromatic rings. The summed E-state index contributed by atoms with van der Waals surface area (Å²) in [6.45, 7) is 3.22. The number of rotatable bonds is 5. The summed E-state index contributed by atoms with van der Waals surface area (Å²) in [6.07, 6.45) is 0. The summed E-state index contributed by atoms with van der Waals surface area (Å²) < 4.78 is 12.4. The van der Waals surface area contributed by atoms with Gasteiger partial charge >= 0.3 is 0 Å². The van der Waals surface area contributed by atoms with E-state index in [0.717, 1.165) is 31.7 Å². The minimum atomic E-state index is 0.657. The van der Waals surface area contributed by atoms with Crippen LogP contribution in [0.15, 0.2) is 31.7 Å². The SMILES string of the molecule is COc1c(Br)cc(Br)cc1CNCc1cc(C)on1. The highest BCUT2D eigenvalue weighted by molar-refractivity contribution is 9.11. The van der Waals surface area contributed by atoms with Crippen molar-refractivity contribution in [3.63, 3.8) is 0 Å². The van der Waals surface area contributed by atoms with Crippen LogP contribution in [0.5, 0.6) is 5.75 Å². The fourth-order valence-electron chi connectivity index (χ4n) is 1.80. The molecule has 1 aromatic heterocycles. The van der Waals surface area contributed by atoms with Crippen molar-refractivity contribution in [2.75, 3.05) is 7.11 Å². The standard InChI is InChI=1S/C13H14Br2N2O2/c1-8-3-11(17-19-8)7-16-6-9-4-10(14)5-12(15)13(9)18-2/h3-5,16H,6-7H2,1-2H3. The predicted molar refractivity (Wildman–Crippen MR) is 80.2 cm³/mol. The Hall–Kier alpha value is -0.850. The van der Waals surface area contributed by atoms with E-state index in [-0.39, 0.29) is 0 Å². The molecule has 0 aliphatic carbocycles. The number of halogens is 2. The van der Waals surface area contributed by atoms with Gasteiger partial charge in [0.15, 0.2) is 0 Å². The van der Waals surface area contributed by atoms with Crippen LogP contribution in [-0.4, -0.2) is 12.3 Å². The Bertz CT molecular complexity index is 570. The maximum atomic E-state index is 5.40. The van der Waals surface area contributed by atoms with Crippen LogP contribution >= 0.6 is 31.9 Å². The molecule has 1 N–H and O–H groups in total. The van der Waals surface area contributed by atoms with Gasteiger partial charge in [-0.1, -0.05) is 21.1 Å². The fourth-order valence-corrected chi connectivity index (χ4v) is 3.28. The van der Waals surface area contributed by atoms with Crippen LogP contribution in [0.25, 0.3) is 0 Å². The Morgan fingerprint density at radius 2 is 2.05 bits per heavy atom. The van der Waals surface area contributed by atoms with E-state index < -0.39 is 0 Å². The minimum Gasteiger partial charge on any atom is -0.495 e. The van der Waals surface area contributed by atoms with Crippen molar-refractivity contribution >= 4 is 31.9 Å². The Kier molecular flexibility index (Phi) is 5.01. The van der Waals surface area contributed by atoms with Crippen LogP contribution in [0.2, 0.25) is 0 Å². The molecular weight excluding hydrogens is 376 g/mol. The zero-order chi connectivity index (χ0) is 13.8. The summed E-state index contributed by atoms with van der Waals surface area (Å²) in [7, 11) is 1.67. The average Bonchev–Trinajstić information content (AvgIpc) is 2.74. The van der Waals surface area contributed by atoms with Crippen LogP contribution < -0.4 is 10.1 Å². The summed E-state index contributed by atoms with van der Waals surface area (Å²) >= 11 is 6.96. The van der Waals surface area contributed by atoms with Gasteiger partial charge in [0, 0.05) is 29.2 Å². The molecule has 19 heavy (non-hydrogen) atoms. The van der Waals surface area contributed by atoms with Crippen molar-refractivity contribution in [2.24, 2.45) is 0 Å². The number of aryl methyl sites for hydroxylation is 1. The van der Waals surface area contributed by atoms with Crippen molar-refractivity contribution in [3.8, 4) is 5.75 Å². The highest BCUT2D eigenvalue weighted by atomic mass is 79.9. The van der Waals surface area contributed by atoms with Gasteiger partial charge in [0.1, 0.15) is 11.5 Å². The normalized spacial score (nSPS) is 10.7. The first kappa shape index (κ1) is 14.6. The smallest absolute Gasteiger partial charge is 0.137 e. The van der Waals surface area contributed by atoms with Crippen LogP contribution in [-0.2, 0) is 13.1 Å². The van der Waals surface area contributed by atoms with E-state index in [4.69, 9.17) is 9.26 Å². The molecule has 102 valence electrons. The molecule has 0 unspecified atom stereocenters. The second-order valence-corrected chi connectivity index (χ2v) is 5.88. The van der Waals surface area contributed by atoms with Gasteiger partial charge in [-0.2, -0.15) is 0 Å². The number of hydrogen-bond donors (Lipinski definition) is 1. The van der Waals surface area contributed by atoms with E-state index >= 15 is 0 Å². The third-order valence-electron chi connectivity index (χ3n) is 2.59. The van der Waals surface area contributed by atoms with Gasteiger partial charge in [0.25, 0.3) is 0 Å². The van der Waals surface area contributed by atoms with E-state index in [0.29, 0.717) is 13.1 Å². The summed E-state index contributed by atoms with van der Waals surface area (Å²) in [5.74, 6) is 1.66. The molecule has 0 fully saturated rings. The van der Waals surface area contributed by atoms with E-state index in [1.54, 1.807) is 7.11 Å². The van der Waals surface area contributed by atoms with Crippen LogP contribution in [0.1, 0.15) is 17.0 Å². The predicted octanol–water partition coefficient (Wildman–Crippen LogP) is 3.81. The van der Waals surface area contributed by atoms with Gasteiger partial charge in [-0.3, -0.25) is 0 Å². The third kappa shape index (κ3) is 3.81. The molecule has 0 aliphatic rings. The largest absolute Gasteiger partial charge is 0.495 e. The quantitative estimate of drug-likeness (QED) is 0.844.